The van der Waals surface area contributed by atoms with Crippen LogP contribution >= 0.6 is 0 Å². The lowest BCUT2D eigenvalue weighted by atomic mass is 10.0. The van der Waals surface area contributed by atoms with Gasteiger partial charge in [0.05, 0.1) is 12.0 Å². The molecule has 0 unspecified atom stereocenters. The number of H-pyrrole nitrogens is 1. The summed E-state index contributed by atoms with van der Waals surface area (Å²) in [7, 11) is 0. The molecule has 1 rings (SSSR count). The second-order valence-electron chi connectivity index (χ2n) is 5.76. The van der Waals surface area contributed by atoms with Gasteiger partial charge in [0, 0.05) is 35.2 Å². The average molecular weight is 331 g/mol. The van der Waals surface area contributed by atoms with Crippen LogP contribution in [0, 0.1) is 0 Å². The van der Waals surface area contributed by atoms with Crippen LogP contribution in [0.1, 0.15) is 40.3 Å². The first-order valence-electron chi connectivity index (χ1n) is 8.19. The molecule has 24 heavy (non-hydrogen) atoms. The van der Waals surface area contributed by atoms with E-state index in [0.717, 1.165) is 33.8 Å². The Labute approximate surface area is 143 Å². The fraction of sp³-hybridized carbons (Fsp3) is 0.421. The molecule has 0 aromatic carbocycles. The van der Waals surface area contributed by atoms with E-state index >= 15 is 0 Å². The summed E-state index contributed by atoms with van der Waals surface area (Å²) in [5.74, 6) is -0.433. The fourth-order valence-corrected chi connectivity index (χ4v) is 2.34. The first-order valence-corrected chi connectivity index (χ1v) is 8.19. The summed E-state index contributed by atoms with van der Waals surface area (Å²) in [5, 5.41) is 1.73. The van der Waals surface area contributed by atoms with Crippen molar-refractivity contribution < 1.29 is 9.53 Å². The zero-order valence-corrected chi connectivity index (χ0v) is 15.3. The van der Waals surface area contributed by atoms with Crippen LogP contribution in [-0.2, 0) is 16.0 Å². The van der Waals surface area contributed by atoms with E-state index in [1.807, 2.05) is 39.8 Å². The second-order valence-corrected chi connectivity index (χ2v) is 5.76. The van der Waals surface area contributed by atoms with Gasteiger partial charge in [-0.1, -0.05) is 6.08 Å². The van der Waals surface area contributed by atoms with Crippen LogP contribution in [0.2, 0.25) is 0 Å². The van der Waals surface area contributed by atoms with Crippen LogP contribution in [0.15, 0.2) is 29.5 Å². The molecule has 0 fully saturated rings. The van der Waals surface area contributed by atoms with Crippen molar-refractivity contribution in [1.82, 2.24) is 4.98 Å². The highest BCUT2D eigenvalue weighted by Crippen LogP contribution is 2.09. The van der Waals surface area contributed by atoms with Gasteiger partial charge in [-0.15, -0.1) is 0 Å². The smallest absolute Gasteiger partial charge is 0.246 e. The Balaban J connectivity index is 3.55. The highest BCUT2D eigenvalue weighted by Gasteiger charge is 2.07. The van der Waals surface area contributed by atoms with E-state index in [0.29, 0.717) is 24.5 Å². The number of amides is 1. The van der Waals surface area contributed by atoms with E-state index in [4.69, 9.17) is 16.2 Å². The Bertz CT molecular complexity index is 767. The molecule has 132 valence electrons. The number of hydrogen-bond donors (Lipinski definition) is 3. The molecule has 0 saturated carbocycles. The van der Waals surface area contributed by atoms with Crippen LogP contribution in [-0.4, -0.2) is 24.1 Å². The maximum atomic E-state index is 11.6. The molecule has 0 aliphatic heterocycles. The first-order chi connectivity index (χ1) is 11.3. The standard InChI is InChI=1S/C19H29N3O2/c1-6-15(20)10-12(3)13(4)17-11-16(8-9-24-7-2)22-18(17)14(5)19(21)23/h6,10-11,22H,7-9,20H2,1-5H3,(H2,21,23)/b12-10+,15-6+,17-13+,18-14-. The SMILES string of the molecule is C\C=C(N)/C=C(C)/C(C)=c1\cc(CCOCC)[nH]\c1=C(\C)C(N)=O. The number of primary amides is 1. The van der Waals surface area contributed by atoms with Gasteiger partial charge >= 0.3 is 0 Å². The number of carbonyl (C=O) groups is 1. The molecule has 5 nitrogen and oxygen atoms in total. The Kier molecular flexibility index (Phi) is 7.52. The zero-order valence-electron chi connectivity index (χ0n) is 15.3. The van der Waals surface area contributed by atoms with Crippen LogP contribution < -0.4 is 22.0 Å². The quantitative estimate of drug-likeness (QED) is 0.518. The summed E-state index contributed by atoms with van der Waals surface area (Å²) in [6.45, 7) is 10.9. The lowest BCUT2D eigenvalue weighted by Gasteiger charge is -2.02. The Morgan fingerprint density at radius 2 is 1.92 bits per heavy atom. The van der Waals surface area contributed by atoms with Crippen molar-refractivity contribution in [3.05, 3.63) is 45.8 Å². The van der Waals surface area contributed by atoms with E-state index < -0.39 is 5.91 Å². The van der Waals surface area contributed by atoms with Crippen molar-refractivity contribution in [2.75, 3.05) is 13.2 Å². The molecule has 1 aromatic rings. The maximum absolute atomic E-state index is 11.6. The molecule has 5 heteroatoms. The molecular formula is C19H29N3O2. The summed E-state index contributed by atoms with van der Waals surface area (Å²) < 4.78 is 5.41. The molecule has 0 atom stereocenters. The number of allylic oxidation sites excluding steroid dienone is 3. The summed E-state index contributed by atoms with van der Waals surface area (Å²) in [6.07, 6.45) is 4.52. The van der Waals surface area contributed by atoms with Crippen molar-refractivity contribution in [1.29, 1.82) is 0 Å². The Hall–Kier alpha value is -2.27. The largest absolute Gasteiger partial charge is 0.399 e. The minimum atomic E-state index is -0.433. The van der Waals surface area contributed by atoms with Crippen LogP contribution in [0.25, 0.3) is 11.1 Å². The first kappa shape index (κ1) is 19.8. The van der Waals surface area contributed by atoms with E-state index in [1.165, 1.54) is 0 Å². The molecular weight excluding hydrogens is 302 g/mol. The average Bonchev–Trinajstić information content (AvgIpc) is 2.97. The highest BCUT2D eigenvalue weighted by molar-refractivity contribution is 6.11. The molecule has 1 amide bonds. The summed E-state index contributed by atoms with van der Waals surface area (Å²) in [4.78, 5) is 14.9. The van der Waals surface area contributed by atoms with Crippen LogP contribution in [0.5, 0.6) is 0 Å². The van der Waals surface area contributed by atoms with Crippen molar-refractivity contribution in [3.63, 3.8) is 0 Å². The number of aromatic nitrogens is 1. The highest BCUT2D eigenvalue weighted by atomic mass is 16.5. The summed E-state index contributed by atoms with van der Waals surface area (Å²) >= 11 is 0. The van der Waals surface area contributed by atoms with Gasteiger partial charge in [-0.25, -0.2) is 0 Å². The van der Waals surface area contributed by atoms with Gasteiger partial charge in [-0.05, 0) is 57.9 Å². The van der Waals surface area contributed by atoms with Gasteiger partial charge < -0.3 is 21.2 Å². The minimum Gasteiger partial charge on any atom is -0.399 e. The fourth-order valence-electron chi connectivity index (χ4n) is 2.34. The number of hydrogen-bond acceptors (Lipinski definition) is 3. The van der Waals surface area contributed by atoms with Gasteiger partial charge in [0.1, 0.15) is 0 Å². The van der Waals surface area contributed by atoms with E-state index in [1.54, 1.807) is 6.92 Å². The predicted octanol–water partition coefficient (Wildman–Crippen LogP) is 1.23. The normalized spacial score (nSPS) is 15.4. The van der Waals surface area contributed by atoms with Crippen LogP contribution in [0.3, 0.4) is 0 Å². The molecule has 0 saturated heterocycles. The molecule has 0 spiro atoms. The molecule has 0 aliphatic carbocycles. The Morgan fingerprint density at radius 3 is 2.46 bits per heavy atom. The van der Waals surface area contributed by atoms with Gasteiger partial charge in [0.2, 0.25) is 5.91 Å². The van der Waals surface area contributed by atoms with E-state index in [2.05, 4.69) is 11.1 Å². The predicted molar refractivity (Wildman–Crippen MR) is 99.3 cm³/mol. The summed E-state index contributed by atoms with van der Waals surface area (Å²) in [5.41, 5.74) is 15.7. The van der Waals surface area contributed by atoms with Gasteiger partial charge in [-0.2, -0.15) is 0 Å². The van der Waals surface area contributed by atoms with E-state index in [9.17, 15) is 4.79 Å². The number of nitrogens with two attached hydrogens (primary N) is 2. The van der Waals surface area contributed by atoms with Crippen molar-refractivity contribution >= 4 is 17.1 Å². The second kappa shape index (κ2) is 9.13. The number of nitrogens with one attached hydrogen (secondary N) is 1. The van der Waals surface area contributed by atoms with Gasteiger partial charge in [-0.3, -0.25) is 4.79 Å². The van der Waals surface area contributed by atoms with Crippen molar-refractivity contribution in [2.45, 2.75) is 41.0 Å². The topological polar surface area (TPSA) is 94.1 Å². The maximum Gasteiger partial charge on any atom is 0.246 e. The minimum absolute atomic E-state index is 0.433. The number of carbonyl (C=O) groups excluding carboxylic acids is 1. The number of aromatic amines is 1. The number of ether oxygens (including phenoxy) is 1. The van der Waals surface area contributed by atoms with E-state index in [-0.39, 0.29) is 0 Å². The molecule has 0 aliphatic rings. The molecule has 1 heterocycles. The van der Waals surface area contributed by atoms with Crippen LogP contribution in [0.4, 0.5) is 0 Å². The Morgan fingerprint density at radius 1 is 1.25 bits per heavy atom. The summed E-state index contributed by atoms with van der Waals surface area (Å²) in [6, 6.07) is 2.05. The molecule has 0 radical (unpaired) electrons. The lowest BCUT2D eigenvalue weighted by Crippen LogP contribution is -2.31. The van der Waals surface area contributed by atoms with Gasteiger partial charge in [0.25, 0.3) is 0 Å². The van der Waals surface area contributed by atoms with Crippen molar-refractivity contribution in [3.8, 4) is 0 Å². The number of rotatable bonds is 7. The third kappa shape index (κ3) is 5.13. The molecule has 1 aromatic heterocycles. The lowest BCUT2D eigenvalue weighted by molar-refractivity contribution is -0.112. The third-order valence-electron chi connectivity index (χ3n) is 4.05. The molecule has 0 bridgehead atoms. The third-order valence-corrected chi connectivity index (χ3v) is 4.05. The zero-order chi connectivity index (χ0) is 18.3. The monoisotopic (exact) mass is 331 g/mol. The van der Waals surface area contributed by atoms with Crippen molar-refractivity contribution in [2.24, 2.45) is 11.5 Å². The molecule has 5 N–H and O–H groups in total. The van der Waals surface area contributed by atoms with Gasteiger partial charge in [0.15, 0.2) is 0 Å².